The van der Waals surface area contributed by atoms with Crippen molar-refractivity contribution >= 4 is 17.5 Å². The number of aromatic nitrogens is 1. The lowest BCUT2D eigenvalue weighted by Crippen LogP contribution is -2.29. The van der Waals surface area contributed by atoms with Crippen LogP contribution in [0.15, 0.2) is 65.6 Å². The van der Waals surface area contributed by atoms with Crippen LogP contribution in [0.5, 0.6) is 11.5 Å². The summed E-state index contributed by atoms with van der Waals surface area (Å²) in [6, 6.07) is 14.5. The van der Waals surface area contributed by atoms with Crippen LogP contribution in [0.3, 0.4) is 0 Å². The summed E-state index contributed by atoms with van der Waals surface area (Å²) in [5.74, 6) is 0.0915. The average Bonchev–Trinajstić information content (AvgIpc) is 2.75. The second kappa shape index (κ2) is 8.95. The molecule has 0 saturated heterocycles. The number of carbonyl (C=O) groups excluding carboxylic acids is 2. The second-order valence-corrected chi connectivity index (χ2v) is 6.47. The highest BCUT2D eigenvalue weighted by Gasteiger charge is 2.13. The number of pyridine rings is 1. The predicted octanol–water partition coefficient (Wildman–Crippen LogP) is 2.26. The number of rotatable bonds is 7. The van der Waals surface area contributed by atoms with Crippen molar-refractivity contribution in [2.45, 2.75) is 6.54 Å². The van der Waals surface area contributed by atoms with Gasteiger partial charge < -0.3 is 25.1 Å². The molecule has 3 N–H and O–H groups in total. The molecule has 8 heteroatoms. The monoisotopic (exact) mass is 407 g/mol. The summed E-state index contributed by atoms with van der Waals surface area (Å²) in [5, 5.41) is 2.65. The molecular weight excluding hydrogens is 386 g/mol. The van der Waals surface area contributed by atoms with E-state index in [1.807, 2.05) is 0 Å². The third-order valence-electron chi connectivity index (χ3n) is 4.46. The molecule has 0 saturated carbocycles. The molecule has 0 fully saturated rings. The highest BCUT2D eigenvalue weighted by Crippen LogP contribution is 2.22. The molecule has 3 aromatic rings. The van der Waals surface area contributed by atoms with E-state index in [4.69, 9.17) is 15.2 Å². The third kappa shape index (κ3) is 4.67. The molecule has 30 heavy (non-hydrogen) atoms. The maximum Gasteiger partial charge on any atom is 0.263 e. The summed E-state index contributed by atoms with van der Waals surface area (Å²) in [4.78, 5) is 36.6. The molecule has 1 heterocycles. The van der Waals surface area contributed by atoms with Crippen LogP contribution in [0.2, 0.25) is 0 Å². The quantitative estimate of drug-likeness (QED) is 0.624. The van der Waals surface area contributed by atoms with Crippen molar-refractivity contribution in [3.05, 3.63) is 87.8 Å². The summed E-state index contributed by atoms with van der Waals surface area (Å²) in [7, 11) is 3.09. The SMILES string of the molecule is COc1cc(Cn2cccc(C(=O)Nc3ccc(C(N)=O)cc3)c2=O)cc(OC)c1. The highest BCUT2D eigenvalue weighted by atomic mass is 16.5. The zero-order valence-corrected chi connectivity index (χ0v) is 16.5. The summed E-state index contributed by atoms with van der Waals surface area (Å²) >= 11 is 0. The van der Waals surface area contributed by atoms with E-state index in [9.17, 15) is 14.4 Å². The number of methoxy groups -OCH3 is 2. The lowest BCUT2D eigenvalue weighted by Gasteiger charge is -2.11. The normalized spacial score (nSPS) is 10.3. The molecule has 0 unspecified atom stereocenters. The van der Waals surface area contributed by atoms with E-state index in [0.29, 0.717) is 22.7 Å². The first-order valence-corrected chi connectivity index (χ1v) is 9.04. The number of nitrogens with two attached hydrogens (primary N) is 1. The van der Waals surface area contributed by atoms with E-state index in [-0.39, 0.29) is 12.1 Å². The Morgan fingerprint density at radius 3 is 2.20 bits per heavy atom. The summed E-state index contributed by atoms with van der Waals surface area (Å²) < 4.78 is 11.9. The van der Waals surface area contributed by atoms with Gasteiger partial charge >= 0.3 is 0 Å². The number of hydrogen-bond acceptors (Lipinski definition) is 5. The van der Waals surface area contributed by atoms with Crippen LogP contribution < -0.4 is 26.1 Å². The largest absolute Gasteiger partial charge is 0.497 e. The van der Waals surface area contributed by atoms with Crippen LogP contribution >= 0.6 is 0 Å². The minimum absolute atomic E-state index is 0.00802. The van der Waals surface area contributed by atoms with Gasteiger partial charge in [-0.1, -0.05) is 0 Å². The molecular formula is C22H21N3O5. The molecule has 0 spiro atoms. The van der Waals surface area contributed by atoms with E-state index in [2.05, 4.69) is 5.32 Å². The van der Waals surface area contributed by atoms with Gasteiger partial charge in [-0.25, -0.2) is 0 Å². The Hall–Kier alpha value is -4.07. The number of primary amides is 1. The smallest absolute Gasteiger partial charge is 0.263 e. The molecule has 0 atom stereocenters. The first-order valence-electron chi connectivity index (χ1n) is 9.04. The van der Waals surface area contributed by atoms with Crippen LogP contribution in [0.4, 0.5) is 5.69 Å². The molecule has 3 rings (SSSR count). The average molecular weight is 407 g/mol. The van der Waals surface area contributed by atoms with Gasteiger partial charge in [-0.3, -0.25) is 14.4 Å². The first-order chi connectivity index (χ1) is 14.4. The molecule has 2 amide bonds. The molecule has 154 valence electrons. The summed E-state index contributed by atoms with van der Waals surface area (Å²) in [5.41, 5.74) is 6.31. The zero-order chi connectivity index (χ0) is 21.7. The van der Waals surface area contributed by atoms with Crippen LogP contribution in [-0.2, 0) is 6.54 Å². The van der Waals surface area contributed by atoms with Gasteiger partial charge in [0, 0.05) is 23.5 Å². The Morgan fingerprint density at radius 2 is 1.63 bits per heavy atom. The zero-order valence-electron chi connectivity index (χ0n) is 16.5. The predicted molar refractivity (Wildman–Crippen MR) is 112 cm³/mol. The topological polar surface area (TPSA) is 113 Å². The van der Waals surface area contributed by atoms with Crippen molar-refractivity contribution in [3.8, 4) is 11.5 Å². The maximum atomic E-state index is 12.8. The second-order valence-electron chi connectivity index (χ2n) is 6.47. The van der Waals surface area contributed by atoms with Crippen LogP contribution in [-0.4, -0.2) is 30.6 Å². The lowest BCUT2D eigenvalue weighted by atomic mass is 10.1. The van der Waals surface area contributed by atoms with Crippen molar-refractivity contribution in [2.24, 2.45) is 5.73 Å². The Bertz CT molecular complexity index is 1110. The molecule has 0 radical (unpaired) electrons. The first kappa shape index (κ1) is 20.7. The number of nitrogens with zero attached hydrogens (tertiary/aromatic N) is 1. The van der Waals surface area contributed by atoms with Gasteiger partial charge in [0.05, 0.1) is 20.8 Å². The number of nitrogens with one attached hydrogen (secondary N) is 1. The lowest BCUT2D eigenvalue weighted by molar-refractivity contribution is 0.0998. The number of hydrogen-bond donors (Lipinski definition) is 2. The summed E-state index contributed by atoms with van der Waals surface area (Å²) in [6.07, 6.45) is 1.60. The van der Waals surface area contributed by atoms with Crippen molar-refractivity contribution < 1.29 is 19.1 Å². The number of amides is 2. The third-order valence-corrected chi connectivity index (χ3v) is 4.46. The van der Waals surface area contributed by atoms with Gasteiger partial charge in [-0.2, -0.15) is 0 Å². The fraction of sp³-hybridized carbons (Fsp3) is 0.136. The molecule has 0 aliphatic rings. The van der Waals surface area contributed by atoms with Crippen molar-refractivity contribution in [1.29, 1.82) is 0 Å². The van der Waals surface area contributed by atoms with Gasteiger partial charge in [-0.15, -0.1) is 0 Å². The maximum absolute atomic E-state index is 12.8. The Kier molecular flexibility index (Phi) is 6.17. The Labute approximate surface area is 172 Å². The van der Waals surface area contributed by atoms with Gasteiger partial charge in [0.15, 0.2) is 0 Å². The molecule has 0 aliphatic heterocycles. The van der Waals surface area contributed by atoms with E-state index >= 15 is 0 Å². The van der Waals surface area contributed by atoms with E-state index in [1.165, 1.54) is 22.8 Å². The molecule has 0 aliphatic carbocycles. The van der Waals surface area contributed by atoms with Crippen LogP contribution in [0, 0.1) is 0 Å². The fourth-order valence-electron chi connectivity index (χ4n) is 2.90. The Balaban J connectivity index is 1.83. The van der Waals surface area contributed by atoms with Gasteiger partial charge in [0.1, 0.15) is 17.1 Å². The molecule has 0 bridgehead atoms. The summed E-state index contributed by atoms with van der Waals surface area (Å²) in [6.45, 7) is 0.237. The highest BCUT2D eigenvalue weighted by molar-refractivity contribution is 6.04. The fourth-order valence-corrected chi connectivity index (χ4v) is 2.90. The van der Waals surface area contributed by atoms with Gasteiger partial charge in [-0.05, 0) is 54.1 Å². The van der Waals surface area contributed by atoms with Crippen LogP contribution in [0.1, 0.15) is 26.3 Å². The molecule has 1 aromatic heterocycles. The minimum atomic E-state index is -0.562. The van der Waals surface area contributed by atoms with E-state index in [0.717, 1.165) is 5.56 Å². The number of benzene rings is 2. The van der Waals surface area contributed by atoms with E-state index in [1.54, 1.807) is 56.8 Å². The number of ether oxygens (including phenoxy) is 2. The van der Waals surface area contributed by atoms with E-state index < -0.39 is 17.4 Å². The van der Waals surface area contributed by atoms with Crippen LogP contribution in [0.25, 0.3) is 0 Å². The standard InChI is InChI=1S/C22H21N3O5/c1-29-17-10-14(11-18(12-17)30-2)13-25-9-3-4-19(22(25)28)21(27)24-16-7-5-15(6-8-16)20(23)26/h3-12H,13H2,1-2H3,(H2,23,26)(H,24,27). The molecule has 2 aromatic carbocycles. The molecule has 8 nitrogen and oxygen atoms in total. The van der Waals surface area contributed by atoms with Gasteiger partial charge in [0.2, 0.25) is 5.91 Å². The van der Waals surface area contributed by atoms with Crippen molar-refractivity contribution in [2.75, 3.05) is 19.5 Å². The minimum Gasteiger partial charge on any atom is -0.497 e. The van der Waals surface area contributed by atoms with Crippen molar-refractivity contribution in [3.63, 3.8) is 0 Å². The van der Waals surface area contributed by atoms with Gasteiger partial charge in [0.25, 0.3) is 11.5 Å². The number of anilines is 1. The van der Waals surface area contributed by atoms with Crippen molar-refractivity contribution in [1.82, 2.24) is 4.57 Å². The number of carbonyl (C=O) groups is 2. The Morgan fingerprint density at radius 1 is 1.00 bits per heavy atom.